The summed E-state index contributed by atoms with van der Waals surface area (Å²) in [7, 11) is -3.48. The summed E-state index contributed by atoms with van der Waals surface area (Å²) in [5, 5.41) is 0. The van der Waals surface area contributed by atoms with Gasteiger partial charge in [0, 0.05) is 23.3 Å². The fourth-order valence-corrected chi connectivity index (χ4v) is 3.59. The Bertz CT molecular complexity index is 542. The second kappa shape index (κ2) is 6.21. The highest BCUT2D eigenvalue weighted by Gasteiger charge is 2.18. The summed E-state index contributed by atoms with van der Waals surface area (Å²) in [6.45, 7) is 1.16. The van der Waals surface area contributed by atoms with E-state index in [2.05, 4.69) is 20.7 Å². The quantitative estimate of drug-likeness (QED) is 0.796. The Morgan fingerprint density at radius 3 is 2.89 bits per heavy atom. The molecule has 1 aromatic carbocycles. The van der Waals surface area contributed by atoms with Crippen molar-refractivity contribution in [3.05, 3.63) is 22.7 Å². The maximum absolute atomic E-state index is 12.1. The summed E-state index contributed by atoms with van der Waals surface area (Å²) >= 11 is 3.22. The van der Waals surface area contributed by atoms with Gasteiger partial charge < -0.3 is 10.5 Å². The van der Waals surface area contributed by atoms with Gasteiger partial charge in [0.25, 0.3) is 0 Å². The summed E-state index contributed by atoms with van der Waals surface area (Å²) in [4.78, 5) is 0.209. The van der Waals surface area contributed by atoms with Gasteiger partial charge in [-0.3, -0.25) is 0 Å². The predicted molar refractivity (Wildman–Crippen MR) is 77.3 cm³/mol. The minimum Gasteiger partial charge on any atom is -0.398 e. The Kier molecular flexibility index (Phi) is 4.83. The number of nitrogens with two attached hydrogens (primary N) is 1. The molecule has 1 atom stereocenters. The second-order valence-electron chi connectivity index (χ2n) is 4.50. The first-order valence-electron chi connectivity index (χ1n) is 6.15. The number of ether oxygens (including phenoxy) is 1. The van der Waals surface area contributed by atoms with Crippen LogP contribution >= 0.6 is 15.9 Å². The molecule has 1 fully saturated rings. The Morgan fingerprint density at radius 1 is 1.47 bits per heavy atom. The van der Waals surface area contributed by atoms with E-state index in [1.54, 1.807) is 6.07 Å². The molecule has 19 heavy (non-hydrogen) atoms. The van der Waals surface area contributed by atoms with Crippen molar-refractivity contribution in [2.24, 2.45) is 0 Å². The molecule has 0 amide bonds. The lowest BCUT2D eigenvalue weighted by Crippen LogP contribution is -2.27. The summed E-state index contributed by atoms with van der Waals surface area (Å²) in [5.41, 5.74) is 6.15. The fraction of sp³-hybridized carbons (Fsp3) is 0.500. The molecular formula is C12H17BrN2O3S. The van der Waals surface area contributed by atoms with E-state index in [-0.39, 0.29) is 11.0 Å². The van der Waals surface area contributed by atoms with Gasteiger partial charge in [-0.1, -0.05) is 0 Å². The highest BCUT2D eigenvalue weighted by molar-refractivity contribution is 9.10. The maximum atomic E-state index is 12.1. The lowest BCUT2D eigenvalue weighted by molar-refractivity contribution is 0.105. The predicted octanol–water partition coefficient (Wildman–Crippen LogP) is 1.88. The average Bonchev–Trinajstić information content (AvgIpc) is 2.85. The molecular weight excluding hydrogens is 332 g/mol. The Hall–Kier alpha value is -0.630. The van der Waals surface area contributed by atoms with Gasteiger partial charge in [-0.2, -0.15) is 0 Å². The van der Waals surface area contributed by atoms with Crippen molar-refractivity contribution in [2.75, 3.05) is 18.9 Å². The first-order chi connectivity index (χ1) is 8.99. The minimum absolute atomic E-state index is 0.181. The lowest BCUT2D eigenvalue weighted by atomic mass is 10.2. The Balaban J connectivity index is 1.95. The van der Waals surface area contributed by atoms with Crippen molar-refractivity contribution in [3.8, 4) is 0 Å². The molecule has 0 aliphatic carbocycles. The van der Waals surface area contributed by atoms with Crippen molar-refractivity contribution >= 4 is 31.6 Å². The molecule has 106 valence electrons. The number of nitrogen functional groups attached to an aromatic ring is 1. The first-order valence-corrected chi connectivity index (χ1v) is 8.43. The van der Waals surface area contributed by atoms with Crippen molar-refractivity contribution in [1.29, 1.82) is 0 Å². The zero-order valence-corrected chi connectivity index (χ0v) is 12.8. The van der Waals surface area contributed by atoms with E-state index in [0.29, 0.717) is 23.1 Å². The van der Waals surface area contributed by atoms with Gasteiger partial charge in [-0.15, -0.1) is 0 Å². The average molecular weight is 349 g/mol. The van der Waals surface area contributed by atoms with E-state index >= 15 is 0 Å². The molecule has 0 spiro atoms. The van der Waals surface area contributed by atoms with Crippen LogP contribution < -0.4 is 10.5 Å². The van der Waals surface area contributed by atoms with E-state index in [4.69, 9.17) is 10.5 Å². The van der Waals surface area contributed by atoms with Crippen molar-refractivity contribution in [3.63, 3.8) is 0 Å². The molecule has 1 saturated heterocycles. The summed E-state index contributed by atoms with van der Waals surface area (Å²) in [5.74, 6) is 0. The third kappa shape index (κ3) is 3.92. The molecule has 0 saturated carbocycles. The van der Waals surface area contributed by atoms with Gasteiger partial charge in [0.15, 0.2) is 0 Å². The third-order valence-electron chi connectivity index (χ3n) is 3.06. The maximum Gasteiger partial charge on any atom is 0.240 e. The number of hydrogen-bond donors (Lipinski definition) is 2. The van der Waals surface area contributed by atoms with Crippen molar-refractivity contribution in [1.82, 2.24) is 4.72 Å². The molecule has 1 aromatic rings. The highest BCUT2D eigenvalue weighted by Crippen LogP contribution is 2.23. The molecule has 1 aliphatic heterocycles. The summed E-state index contributed by atoms with van der Waals surface area (Å²) < 4.78 is 32.7. The van der Waals surface area contributed by atoms with Gasteiger partial charge in [0.1, 0.15) is 0 Å². The number of rotatable bonds is 5. The fourth-order valence-electron chi connectivity index (χ4n) is 1.98. The largest absolute Gasteiger partial charge is 0.398 e. The number of nitrogens with one attached hydrogen (secondary N) is 1. The van der Waals surface area contributed by atoms with Crippen LogP contribution in [-0.4, -0.2) is 27.7 Å². The summed E-state index contributed by atoms with van der Waals surface area (Å²) in [6, 6.07) is 4.57. The third-order valence-corrected chi connectivity index (χ3v) is 5.21. The van der Waals surface area contributed by atoms with Crippen LogP contribution in [0.3, 0.4) is 0 Å². The van der Waals surface area contributed by atoms with Gasteiger partial charge in [-0.25, -0.2) is 13.1 Å². The molecule has 2 rings (SSSR count). The van der Waals surface area contributed by atoms with Gasteiger partial charge in [0.2, 0.25) is 10.0 Å². The topological polar surface area (TPSA) is 81.4 Å². The van der Waals surface area contributed by atoms with Crippen LogP contribution in [0.1, 0.15) is 19.3 Å². The second-order valence-corrected chi connectivity index (χ2v) is 7.13. The standard InChI is InChI=1S/C12H17BrN2O3S/c13-11-8-10(3-4-12(11)14)19(16,17)15-6-5-9-2-1-7-18-9/h3-4,8-9,15H,1-2,5-7,14H2. The minimum atomic E-state index is -3.48. The molecule has 7 heteroatoms. The van der Waals surface area contributed by atoms with Crippen LogP contribution in [0.25, 0.3) is 0 Å². The van der Waals surface area contributed by atoms with E-state index in [1.807, 2.05) is 0 Å². The molecule has 0 aromatic heterocycles. The van der Waals surface area contributed by atoms with Crippen LogP contribution in [0.4, 0.5) is 5.69 Å². The van der Waals surface area contributed by atoms with Gasteiger partial charge in [-0.05, 0) is 53.4 Å². The Morgan fingerprint density at radius 2 is 2.26 bits per heavy atom. The first kappa shape index (κ1) is 14.8. The van der Waals surface area contributed by atoms with Crippen molar-refractivity contribution in [2.45, 2.75) is 30.3 Å². The number of anilines is 1. The Labute approximate surface area is 121 Å². The number of sulfonamides is 1. The van der Waals surface area contributed by atoms with Crippen LogP contribution in [0.2, 0.25) is 0 Å². The number of halogens is 1. The van der Waals surface area contributed by atoms with Crippen LogP contribution in [0, 0.1) is 0 Å². The monoisotopic (exact) mass is 348 g/mol. The highest BCUT2D eigenvalue weighted by atomic mass is 79.9. The van der Waals surface area contributed by atoms with Crippen LogP contribution in [-0.2, 0) is 14.8 Å². The normalized spacial score (nSPS) is 19.7. The molecule has 3 N–H and O–H groups in total. The SMILES string of the molecule is Nc1ccc(S(=O)(=O)NCCC2CCCO2)cc1Br. The molecule has 1 unspecified atom stereocenters. The summed E-state index contributed by atoms with van der Waals surface area (Å²) in [6.07, 6.45) is 2.95. The molecule has 0 radical (unpaired) electrons. The molecule has 1 aliphatic rings. The number of benzene rings is 1. The molecule has 0 bridgehead atoms. The molecule has 5 nitrogen and oxygen atoms in total. The van der Waals surface area contributed by atoms with Gasteiger partial charge in [0.05, 0.1) is 11.0 Å². The zero-order valence-electron chi connectivity index (χ0n) is 10.4. The van der Waals surface area contributed by atoms with Crippen LogP contribution in [0.15, 0.2) is 27.6 Å². The van der Waals surface area contributed by atoms with Crippen molar-refractivity contribution < 1.29 is 13.2 Å². The van der Waals surface area contributed by atoms with E-state index in [1.165, 1.54) is 12.1 Å². The zero-order chi connectivity index (χ0) is 13.9. The van der Waals surface area contributed by atoms with Crippen LogP contribution in [0.5, 0.6) is 0 Å². The lowest BCUT2D eigenvalue weighted by Gasteiger charge is -2.11. The van der Waals surface area contributed by atoms with E-state index in [9.17, 15) is 8.42 Å². The van der Waals surface area contributed by atoms with Gasteiger partial charge >= 0.3 is 0 Å². The smallest absolute Gasteiger partial charge is 0.240 e. The van der Waals surface area contributed by atoms with E-state index in [0.717, 1.165) is 19.4 Å². The molecule has 1 heterocycles. The number of hydrogen-bond acceptors (Lipinski definition) is 4. The van der Waals surface area contributed by atoms with E-state index < -0.39 is 10.0 Å².